The van der Waals surface area contributed by atoms with Crippen molar-refractivity contribution in [1.82, 2.24) is 9.88 Å². The van der Waals surface area contributed by atoms with Crippen molar-refractivity contribution in [3.05, 3.63) is 64.6 Å². The highest BCUT2D eigenvalue weighted by Gasteiger charge is 2.37. The standard InChI is InChI=1S/C17H19N3O2/c1-20-9-5-8-15(16(20)21)19-17(22)18-11-13-10-14(13)12-6-3-2-4-7-12/h2-9,13-14H,10-11H2,1H3,(H2,18,19,22)/t13-,14+/m1/s1. The number of amides is 2. The molecule has 1 saturated carbocycles. The first-order chi connectivity index (χ1) is 10.6. The van der Waals surface area contributed by atoms with Crippen LogP contribution >= 0.6 is 0 Å². The molecule has 1 fully saturated rings. The number of aromatic nitrogens is 1. The number of hydrogen-bond acceptors (Lipinski definition) is 2. The van der Waals surface area contributed by atoms with Crippen LogP contribution in [0.3, 0.4) is 0 Å². The van der Waals surface area contributed by atoms with Crippen molar-refractivity contribution in [1.29, 1.82) is 0 Å². The Kier molecular flexibility index (Phi) is 3.96. The highest BCUT2D eigenvalue weighted by atomic mass is 16.2. The van der Waals surface area contributed by atoms with E-state index in [1.54, 1.807) is 25.4 Å². The fourth-order valence-corrected chi connectivity index (χ4v) is 2.66. The summed E-state index contributed by atoms with van der Waals surface area (Å²) >= 11 is 0. The number of benzene rings is 1. The molecule has 2 atom stereocenters. The van der Waals surface area contributed by atoms with Gasteiger partial charge in [0.1, 0.15) is 5.69 Å². The Morgan fingerprint density at radius 2 is 2.00 bits per heavy atom. The molecule has 2 N–H and O–H groups in total. The smallest absolute Gasteiger partial charge is 0.319 e. The van der Waals surface area contributed by atoms with Gasteiger partial charge in [0, 0.05) is 19.8 Å². The van der Waals surface area contributed by atoms with Crippen molar-refractivity contribution in [2.45, 2.75) is 12.3 Å². The summed E-state index contributed by atoms with van der Waals surface area (Å²) in [5.41, 5.74) is 1.40. The fraction of sp³-hybridized carbons (Fsp3) is 0.294. The summed E-state index contributed by atoms with van der Waals surface area (Å²) in [6.45, 7) is 0.624. The van der Waals surface area contributed by atoms with Gasteiger partial charge in [-0.1, -0.05) is 30.3 Å². The number of carbonyl (C=O) groups is 1. The van der Waals surface area contributed by atoms with Gasteiger partial charge >= 0.3 is 6.03 Å². The number of anilines is 1. The number of carbonyl (C=O) groups excluding carboxylic acids is 1. The number of pyridine rings is 1. The van der Waals surface area contributed by atoms with E-state index in [1.807, 2.05) is 18.2 Å². The largest absolute Gasteiger partial charge is 0.338 e. The van der Waals surface area contributed by atoms with E-state index in [2.05, 4.69) is 22.8 Å². The zero-order valence-electron chi connectivity index (χ0n) is 12.5. The molecule has 0 aliphatic heterocycles. The molecule has 2 aromatic rings. The molecule has 5 heteroatoms. The molecule has 0 radical (unpaired) electrons. The lowest BCUT2D eigenvalue weighted by molar-refractivity contribution is 0.251. The van der Waals surface area contributed by atoms with Gasteiger partial charge in [0.05, 0.1) is 0 Å². The van der Waals surface area contributed by atoms with Crippen LogP contribution in [-0.2, 0) is 7.05 Å². The minimum atomic E-state index is -0.331. The Balaban J connectivity index is 1.50. The molecule has 0 unspecified atom stereocenters. The van der Waals surface area contributed by atoms with Gasteiger partial charge in [-0.05, 0) is 36.0 Å². The van der Waals surface area contributed by atoms with Crippen molar-refractivity contribution in [2.24, 2.45) is 13.0 Å². The molecular weight excluding hydrogens is 278 g/mol. The molecular formula is C17H19N3O2. The maximum Gasteiger partial charge on any atom is 0.319 e. The third kappa shape index (κ3) is 3.19. The molecule has 3 rings (SSSR count). The maximum absolute atomic E-state index is 11.9. The molecule has 5 nitrogen and oxygen atoms in total. The van der Waals surface area contributed by atoms with Gasteiger partial charge < -0.3 is 15.2 Å². The Morgan fingerprint density at radius 1 is 1.23 bits per heavy atom. The Labute approximate surface area is 129 Å². The lowest BCUT2D eigenvalue weighted by Gasteiger charge is -2.08. The average Bonchev–Trinajstić information content (AvgIpc) is 3.30. The first-order valence-electron chi connectivity index (χ1n) is 7.40. The maximum atomic E-state index is 11.9. The predicted molar refractivity (Wildman–Crippen MR) is 86.0 cm³/mol. The van der Waals surface area contributed by atoms with Gasteiger partial charge in [0.15, 0.2) is 0 Å². The minimum Gasteiger partial charge on any atom is -0.338 e. The number of nitrogens with one attached hydrogen (secondary N) is 2. The van der Waals surface area contributed by atoms with E-state index in [4.69, 9.17) is 0 Å². The highest BCUT2D eigenvalue weighted by molar-refractivity contribution is 5.88. The van der Waals surface area contributed by atoms with Crippen LogP contribution in [0, 0.1) is 5.92 Å². The zero-order chi connectivity index (χ0) is 15.5. The van der Waals surface area contributed by atoms with Crippen LogP contribution in [0.5, 0.6) is 0 Å². The van der Waals surface area contributed by atoms with E-state index < -0.39 is 0 Å². The van der Waals surface area contributed by atoms with Crippen molar-refractivity contribution in [2.75, 3.05) is 11.9 Å². The molecule has 1 aliphatic rings. The number of nitrogens with zero attached hydrogens (tertiary/aromatic N) is 1. The number of rotatable bonds is 4. The summed E-state index contributed by atoms with van der Waals surface area (Å²) in [5.74, 6) is 1.01. The van der Waals surface area contributed by atoms with Crippen LogP contribution in [0.1, 0.15) is 17.9 Å². The fourth-order valence-electron chi connectivity index (χ4n) is 2.66. The van der Waals surface area contributed by atoms with Crippen LogP contribution in [0.2, 0.25) is 0 Å². The van der Waals surface area contributed by atoms with E-state index in [-0.39, 0.29) is 17.3 Å². The van der Waals surface area contributed by atoms with Crippen molar-refractivity contribution in [3.8, 4) is 0 Å². The molecule has 22 heavy (non-hydrogen) atoms. The lowest BCUT2D eigenvalue weighted by Crippen LogP contribution is -2.33. The Hall–Kier alpha value is -2.56. The Morgan fingerprint density at radius 3 is 2.77 bits per heavy atom. The topological polar surface area (TPSA) is 63.1 Å². The summed E-state index contributed by atoms with van der Waals surface area (Å²) in [6, 6.07) is 13.3. The summed E-state index contributed by atoms with van der Waals surface area (Å²) in [4.78, 5) is 23.7. The van der Waals surface area contributed by atoms with E-state index in [0.29, 0.717) is 18.4 Å². The second-order valence-corrected chi connectivity index (χ2v) is 5.69. The van der Waals surface area contributed by atoms with Gasteiger partial charge in [-0.15, -0.1) is 0 Å². The molecule has 0 bridgehead atoms. The van der Waals surface area contributed by atoms with Crippen LogP contribution < -0.4 is 16.2 Å². The van der Waals surface area contributed by atoms with E-state index in [9.17, 15) is 9.59 Å². The molecule has 114 valence electrons. The van der Waals surface area contributed by atoms with Gasteiger partial charge in [0.25, 0.3) is 5.56 Å². The van der Waals surface area contributed by atoms with E-state index in [1.165, 1.54) is 10.1 Å². The summed E-state index contributed by atoms with van der Waals surface area (Å²) in [7, 11) is 1.65. The molecule has 0 saturated heterocycles. The second-order valence-electron chi connectivity index (χ2n) is 5.69. The van der Waals surface area contributed by atoms with Crippen molar-refractivity contribution >= 4 is 11.7 Å². The third-order valence-corrected chi connectivity index (χ3v) is 4.05. The number of aryl methyl sites for hydroxylation is 1. The molecule has 1 heterocycles. The van der Waals surface area contributed by atoms with Crippen molar-refractivity contribution in [3.63, 3.8) is 0 Å². The molecule has 0 spiro atoms. The van der Waals surface area contributed by atoms with E-state index in [0.717, 1.165) is 6.42 Å². The lowest BCUT2D eigenvalue weighted by atomic mass is 10.1. The SMILES string of the molecule is Cn1cccc(NC(=O)NC[C@H]2C[C@H]2c2ccccc2)c1=O. The summed E-state index contributed by atoms with van der Waals surface area (Å²) < 4.78 is 1.43. The van der Waals surface area contributed by atoms with Crippen LogP contribution in [-0.4, -0.2) is 17.1 Å². The van der Waals surface area contributed by atoms with Crippen LogP contribution in [0.25, 0.3) is 0 Å². The second kappa shape index (κ2) is 6.05. The van der Waals surface area contributed by atoms with Gasteiger partial charge in [-0.3, -0.25) is 4.79 Å². The number of hydrogen-bond donors (Lipinski definition) is 2. The summed E-state index contributed by atoms with van der Waals surface area (Å²) in [5, 5.41) is 5.45. The van der Waals surface area contributed by atoms with Gasteiger partial charge in [-0.25, -0.2) is 4.79 Å². The monoisotopic (exact) mass is 297 g/mol. The van der Waals surface area contributed by atoms with Gasteiger partial charge in [0.2, 0.25) is 0 Å². The number of urea groups is 1. The summed E-state index contributed by atoms with van der Waals surface area (Å²) in [6.07, 6.45) is 2.75. The Bertz CT molecular complexity index is 724. The molecule has 1 aromatic carbocycles. The molecule has 2 amide bonds. The van der Waals surface area contributed by atoms with Crippen LogP contribution in [0.15, 0.2) is 53.5 Å². The highest BCUT2D eigenvalue weighted by Crippen LogP contribution is 2.46. The van der Waals surface area contributed by atoms with Crippen molar-refractivity contribution < 1.29 is 4.79 Å². The first-order valence-corrected chi connectivity index (χ1v) is 7.40. The van der Waals surface area contributed by atoms with Crippen LogP contribution in [0.4, 0.5) is 10.5 Å². The normalized spacial score (nSPS) is 19.5. The molecule has 1 aromatic heterocycles. The average molecular weight is 297 g/mol. The first kappa shape index (κ1) is 14.4. The molecule has 1 aliphatic carbocycles. The predicted octanol–water partition coefficient (Wildman–Crippen LogP) is 2.31. The zero-order valence-corrected chi connectivity index (χ0v) is 12.5. The van der Waals surface area contributed by atoms with E-state index >= 15 is 0 Å². The third-order valence-electron chi connectivity index (χ3n) is 4.05. The quantitative estimate of drug-likeness (QED) is 0.909. The minimum absolute atomic E-state index is 0.216. The van der Waals surface area contributed by atoms with Gasteiger partial charge in [-0.2, -0.15) is 0 Å².